The van der Waals surface area contributed by atoms with Crippen molar-refractivity contribution in [2.45, 2.75) is 44.8 Å². The minimum atomic E-state index is -1.55. The molecule has 1 unspecified atom stereocenters. The molecule has 5 nitrogen and oxygen atoms in total. The molecular weight excluding hydrogens is 241 g/mol. The second-order valence-corrected chi connectivity index (χ2v) is 4.25. The van der Waals surface area contributed by atoms with Crippen LogP contribution in [0.1, 0.15) is 38.5 Å². The summed E-state index contributed by atoms with van der Waals surface area (Å²) in [6, 6.07) is 0. The lowest BCUT2D eigenvalue weighted by atomic mass is 9.89. The zero-order valence-corrected chi connectivity index (χ0v) is 10.3. The van der Waals surface area contributed by atoms with E-state index in [1.165, 1.54) is 0 Å². The van der Waals surface area contributed by atoms with Gasteiger partial charge in [-0.2, -0.15) is 0 Å². The van der Waals surface area contributed by atoms with E-state index in [2.05, 4.69) is 11.7 Å². The topological polar surface area (TPSA) is 64.6 Å². The molecular formula is C12H19FNO4. The fourth-order valence-electron chi connectivity index (χ4n) is 1.84. The molecule has 1 rings (SSSR count). The van der Waals surface area contributed by atoms with Gasteiger partial charge in [0.1, 0.15) is 0 Å². The largest absolute Gasteiger partial charge is 0.428 e. The van der Waals surface area contributed by atoms with Crippen LogP contribution >= 0.6 is 0 Å². The van der Waals surface area contributed by atoms with Crippen molar-refractivity contribution in [3.05, 3.63) is 6.92 Å². The number of amides is 1. The number of alkyl carbamates (subject to hydrolysis) is 1. The molecule has 6 heteroatoms. The normalized spacial score (nSPS) is 17.9. The van der Waals surface area contributed by atoms with Crippen molar-refractivity contribution in [3.63, 3.8) is 0 Å². The lowest BCUT2D eigenvalue weighted by Crippen LogP contribution is -2.32. The molecule has 1 aliphatic rings. The van der Waals surface area contributed by atoms with Crippen molar-refractivity contribution in [1.29, 1.82) is 0 Å². The average molecular weight is 260 g/mol. The summed E-state index contributed by atoms with van der Waals surface area (Å²) in [4.78, 5) is 22.5. The molecule has 0 aromatic carbocycles. The molecule has 1 radical (unpaired) electrons. The number of alkyl halides is 1. The van der Waals surface area contributed by atoms with Crippen LogP contribution in [0.2, 0.25) is 0 Å². The molecule has 1 amide bonds. The molecule has 0 saturated heterocycles. The number of rotatable bonds is 5. The Morgan fingerprint density at radius 1 is 1.28 bits per heavy atom. The van der Waals surface area contributed by atoms with E-state index in [1.54, 1.807) is 0 Å². The average Bonchev–Trinajstić information content (AvgIpc) is 2.39. The number of hydrogen-bond donors (Lipinski definition) is 1. The van der Waals surface area contributed by atoms with Gasteiger partial charge in [0.15, 0.2) is 6.30 Å². The second kappa shape index (κ2) is 7.89. The van der Waals surface area contributed by atoms with E-state index < -0.39 is 19.2 Å². The maximum Gasteiger partial charge on any atom is 0.412 e. The summed E-state index contributed by atoms with van der Waals surface area (Å²) in [6.07, 6.45) is 2.23. The van der Waals surface area contributed by atoms with Gasteiger partial charge in [0.05, 0.1) is 5.92 Å². The van der Waals surface area contributed by atoms with Gasteiger partial charge < -0.3 is 9.47 Å². The van der Waals surface area contributed by atoms with Crippen LogP contribution in [0, 0.1) is 12.8 Å². The highest BCUT2D eigenvalue weighted by Crippen LogP contribution is 2.24. The van der Waals surface area contributed by atoms with Gasteiger partial charge in [0.2, 0.25) is 6.79 Å². The van der Waals surface area contributed by atoms with Crippen LogP contribution in [0.4, 0.5) is 9.18 Å². The van der Waals surface area contributed by atoms with Crippen molar-refractivity contribution >= 4 is 12.1 Å². The van der Waals surface area contributed by atoms with Crippen LogP contribution in [-0.4, -0.2) is 25.2 Å². The zero-order valence-electron chi connectivity index (χ0n) is 10.3. The molecule has 1 N–H and O–H groups in total. The van der Waals surface area contributed by atoms with Crippen molar-refractivity contribution in [3.8, 4) is 0 Å². The van der Waals surface area contributed by atoms with Gasteiger partial charge in [-0.25, -0.2) is 9.18 Å². The molecule has 103 valence electrons. The minimum absolute atomic E-state index is 0.0863. The van der Waals surface area contributed by atoms with Gasteiger partial charge >= 0.3 is 12.1 Å². The first-order valence-electron chi connectivity index (χ1n) is 6.16. The maximum absolute atomic E-state index is 12.7. The van der Waals surface area contributed by atoms with E-state index in [4.69, 9.17) is 4.74 Å². The summed E-state index contributed by atoms with van der Waals surface area (Å²) < 4.78 is 22.0. The Bertz CT molecular complexity index is 279. The SMILES string of the molecule is [CH2]CC(F)NC(=O)OCOC(=O)C1CCCCC1. The van der Waals surface area contributed by atoms with E-state index in [0.29, 0.717) is 0 Å². The van der Waals surface area contributed by atoms with Crippen LogP contribution in [0.15, 0.2) is 0 Å². The Hall–Kier alpha value is -1.33. The number of carbonyl (C=O) groups is 2. The predicted octanol–water partition coefficient (Wildman–Crippen LogP) is 2.31. The van der Waals surface area contributed by atoms with Gasteiger partial charge in [-0.05, 0) is 26.2 Å². The maximum atomic E-state index is 12.7. The molecule has 1 aliphatic carbocycles. The van der Waals surface area contributed by atoms with E-state index >= 15 is 0 Å². The Labute approximate surface area is 106 Å². The molecule has 0 aromatic rings. The second-order valence-electron chi connectivity index (χ2n) is 4.25. The zero-order chi connectivity index (χ0) is 13.4. The van der Waals surface area contributed by atoms with Crippen LogP contribution in [0.3, 0.4) is 0 Å². The fraction of sp³-hybridized carbons (Fsp3) is 0.750. The van der Waals surface area contributed by atoms with E-state index in [-0.39, 0.29) is 18.3 Å². The minimum Gasteiger partial charge on any atom is -0.428 e. The smallest absolute Gasteiger partial charge is 0.412 e. The fourth-order valence-corrected chi connectivity index (χ4v) is 1.84. The first-order chi connectivity index (χ1) is 8.63. The van der Waals surface area contributed by atoms with Crippen molar-refractivity contribution in [2.75, 3.05) is 6.79 Å². The number of hydrogen-bond acceptors (Lipinski definition) is 4. The van der Waals surface area contributed by atoms with Crippen LogP contribution in [-0.2, 0) is 14.3 Å². The number of halogens is 1. The van der Waals surface area contributed by atoms with E-state index in [0.717, 1.165) is 32.1 Å². The summed E-state index contributed by atoms with van der Waals surface area (Å²) >= 11 is 0. The van der Waals surface area contributed by atoms with Crippen LogP contribution in [0.5, 0.6) is 0 Å². The quantitative estimate of drug-likeness (QED) is 0.468. The van der Waals surface area contributed by atoms with Gasteiger partial charge in [-0.3, -0.25) is 10.1 Å². The Balaban J connectivity index is 2.12. The number of nitrogens with one attached hydrogen (secondary N) is 1. The molecule has 0 heterocycles. The number of carbonyl (C=O) groups excluding carboxylic acids is 2. The predicted molar refractivity (Wildman–Crippen MR) is 62.0 cm³/mol. The Morgan fingerprint density at radius 2 is 1.94 bits per heavy atom. The van der Waals surface area contributed by atoms with Gasteiger partial charge in [-0.15, -0.1) is 0 Å². The summed E-state index contributed by atoms with van der Waals surface area (Å²) in [5.41, 5.74) is 0. The van der Waals surface area contributed by atoms with Gasteiger partial charge in [0.25, 0.3) is 0 Å². The van der Waals surface area contributed by atoms with Crippen molar-refractivity contribution in [1.82, 2.24) is 5.32 Å². The molecule has 0 aliphatic heterocycles. The highest BCUT2D eigenvalue weighted by Gasteiger charge is 2.22. The third-order valence-corrected chi connectivity index (χ3v) is 2.86. The van der Waals surface area contributed by atoms with Crippen LogP contribution < -0.4 is 5.32 Å². The third kappa shape index (κ3) is 5.33. The number of esters is 1. The highest BCUT2D eigenvalue weighted by atomic mass is 19.1. The number of ether oxygens (including phenoxy) is 2. The third-order valence-electron chi connectivity index (χ3n) is 2.86. The lowest BCUT2D eigenvalue weighted by molar-refractivity contribution is -0.158. The Morgan fingerprint density at radius 3 is 2.56 bits per heavy atom. The lowest BCUT2D eigenvalue weighted by Gasteiger charge is -2.19. The monoisotopic (exact) mass is 260 g/mol. The molecule has 18 heavy (non-hydrogen) atoms. The standard InChI is InChI=1S/C12H19FNO4/c1-2-10(13)14-12(16)18-8-17-11(15)9-6-4-3-5-7-9/h9-10H,1-8H2,(H,14,16). The van der Waals surface area contributed by atoms with E-state index in [9.17, 15) is 14.0 Å². The summed E-state index contributed by atoms with van der Waals surface area (Å²) in [6.45, 7) is 2.80. The van der Waals surface area contributed by atoms with Gasteiger partial charge in [-0.1, -0.05) is 19.3 Å². The molecule has 0 aromatic heterocycles. The first-order valence-corrected chi connectivity index (χ1v) is 6.16. The van der Waals surface area contributed by atoms with Crippen molar-refractivity contribution < 1.29 is 23.5 Å². The molecule has 1 fully saturated rings. The van der Waals surface area contributed by atoms with E-state index in [1.807, 2.05) is 5.32 Å². The van der Waals surface area contributed by atoms with Gasteiger partial charge in [0, 0.05) is 0 Å². The molecule has 0 spiro atoms. The first kappa shape index (κ1) is 14.7. The molecule has 1 atom stereocenters. The van der Waals surface area contributed by atoms with Crippen LogP contribution in [0.25, 0.3) is 0 Å². The molecule has 1 saturated carbocycles. The molecule has 0 bridgehead atoms. The summed E-state index contributed by atoms with van der Waals surface area (Å²) in [5.74, 6) is -0.448. The van der Waals surface area contributed by atoms with Crippen molar-refractivity contribution in [2.24, 2.45) is 5.92 Å². The summed E-state index contributed by atoms with van der Waals surface area (Å²) in [7, 11) is 0. The summed E-state index contributed by atoms with van der Waals surface area (Å²) in [5, 5.41) is 1.90. The highest BCUT2D eigenvalue weighted by molar-refractivity contribution is 5.72. The Kier molecular flexibility index (Phi) is 6.46.